The molecule has 1 aromatic rings. The van der Waals surface area contributed by atoms with Crippen molar-refractivity contribution in [3.63, 3.8) is 0 Å². The van der Waals surface area contributed by atoms with Crippen molar-refractivity contribution in [1.82, 2.24) is 5.32 Å². The number of carbonyl (C=O) groups excluding carboxylic acids is 1. The van der Waals surface area contributed by atoms with Crippen molar-refractivity contribution in [1.29, 1.82) is 0 Å². The molecule has 0 aliphatic carbocycles. The Labute approximate surface area is 128 Å². The molecule has 0 aliphatic rings. The van der Waals surface area contributed by atoms with Gasteiger partial charge in [0.15, 0.2) is 0 Å². The SMILES string of the molecule is CCC(C)CC(C)NC(=O)c1cc(C)ccc1C#CCN. The van der Waals surface area contributed by atoms with E-state index in [4.69, 9.17) is 5.73 Å². The zero-order valence-electron chi connectivity index (χ0n) is 13.5. The highest BCUT2D eigenvalue weighted by molar-refractivity contribution is 5.97. The van der Waals surface area contributed by atoms with Crippen molar-refractivity contribution in [2.75, 3.05) is 6.54 Å². The van der Waals surface area contributed by atoms with Crippen LogP contribution >= 0.6 is 0 Å². The fraction of sp³-hybridized carbons (Fsp3) is 0.500. The lowest BCUT2D eigenvalue weighted by molar-refractivity contribution is 0.0935. The first kappa shape index (κ1) is 17.3. The molecule has 1 amide bonds. The molecule has 0 aromatic heterocycles. The van der Waals surface area contributed by atoms with Gasteiger partial charge in [-0.1, -0.05) is 43.7 Å². The van der Waals surface area contributed by atoms with E-state index in [0.717, 1.165) is 24.0 Å². The van der Waals surface area contributed by atoms with Gasteiger partial charge in [-0.05, 0) is 38.3 Å². The van der Waals surface area contributed by atoms with Crippen LogP contribution in [0.2, 0.25) is 0 Å². The van der Waals surface area contributed by atoms with Crippen molar-refractivity contribution >= 4 is 5.91 Å². The molecule has 0 spiro atoms. The first-order valence-electron chi connectivity index (χ1n) is 7.58. The van der Waals surface area contributed by atoms with E-state index in [-0.39, 0.29) is 11.9 Å². The lowest BCUT2D eigenvalue weighted by atomic mass is 9.99. The molecular weight excluding hydrogens is 260 g/mol. The molecule has 1 aromatic carbocycles. The van der Waals surface area contributed by atoms with Gasteiger partial charge >= 0.3 is 0 Å². The molecule has 0 aliphatic heterocycles. The van der Waals surface area contributed by atoms with Crippen molar-refractivity contribution in [2.45, 2.75) is 46.6 Å². The van der Waals surface area contributed by atoms with Gasteiger partial charge in [0.2, 0.25) is 0 Å². The van der Waals surface area contributed by atoms with Gasteiger partial charge in [0.1, 0.15) is 0 Å². The van der Waals surface area contributed by atoms with Gasteiger partial charge in [-0.15, -0.1) is 0 Å². The molecule has 0 bridgehead atoms. The number of amides is 1. The van der Waals surface area contributed by atoms with Gasteiger partial charge in [0.25, 0.3) is 5.91 Å². The molecule has 2 atom stereocenters. The highest BCUT2D eigenvalue weighted by Crippen LogP contribution is 2.13. The summed E-state index contributed by atoms with van der Waals surface area (Å²) in [5, 5.41) is 3.07. The maximum absolute atomic E-state index is 12.5. The van der Waals surface area contributed by atoms with Crippen LogP contribution in [0.4, 0.5) is 0 Å². The number of rotatable bonds is 5. The monoisotopic (exact) mass is 286 g/mol. The van der Waals surface area contributed by atoms with E-state index in [1.807, 2.05) is 32.0 Å². The van der Waals surface area contributed by atoms with E-state index >= 15 is 0 Å². The average molecular weight is 286 g/mol. The number of benzene rings is 1. The number of carbonyl (C=O) groups is 1. The summed E-state index contributed by atoms with van der Waals surface area (Å²) in [6.45, 7) is 8.68. The van der Waals surface area contributed by atoms with Gasteiger partial charge in [-0.25, -0.2) is 0 Å². The maximum atomic E-state index is 12.5. The molecule has 0 saturated heterocycles. The molecule has 0 radical (unpaired) electrons. The fourth-order valence-corrected chi connectivity index (χ4v) is 2.23. The van der Waals surface area contributed by atoms with E-state index in [9.17, 15) is 4.79 Å². The van der Waals surface area contributed by atoms with Crippen molar-refractivity contribution in [2.24, 2.45) is 11.7 Å². The van der Waals surface area contributed by atoms with Gasteiger partial charge in [0.05, 0.1) is 12.1 Å². The van der Waals surface area contributed by atoms with E-state index in [2.05, 4.69) is 31.0 Å². The molecule has 2 unspecified atom stereocenters. The van der Waals surface area contributed by atoms with Crippen molar-refractivity contribution < 1.29 is 4.79 Å². The van der Waals surface area contributed by atoms with Crippen LogP contribution in [0, 0.1) is 24.7 Å². The van der Waals surface area contributed by atoms with Crippen LogP contribution in [0.1, 0.15) is 55.1 Å². The molecular formula is C18H26N2O. The zero-order valence-corrected chi connectivity index (χ0v) is 13.5. The van der Waals surface area contributed by atoms with Crippen molar-refractivity contribution in [3.8, 4) is 11.8 Å². The smallest absolute Gasteiger partial charge is 0.252 e. The Balaban J connectivity index is 2.88. The fourth-order valence-electron chi connectivity index (χ4n) is 2.23. The molecule has 0 heterocycles. The second kappa shape index (κ2) is 8.49. The first-order chi connectivity index (χ1) is 9.97. The van der Waals surface area contributed by atoms with Crippen LogP contribution in [-0.2, 0) is 0 Å². The van der Waals surface area contributed by atoms with E-state index in [1.165, 1.54) is 0 Å². The average Bonchev–Trinajstić information content (AvgIpc) is 2.45. The molecule has 0 saturated carbocycles. The Morgan fingerprint density at radius 1 is 1.38 bits per heavy atom. The summed E-state index contributed by atoms with van der Waals surface area (Å²) in [5.74, 6) is 6.33. The van der Waals surface area contributed by atoms with Crippen LogP contribution in [-0.4, -0.2) is 18.5 Å². The third-order valence-electron chi connectivity index (χ3n) is 3.58. The molecule has 3 N–H and O–H groups in total. The first-order valence-corrected chi connectivity index (χ1v) is 7.58. The third-order valence-corrected chi connectivity index (χ3v) is 3.58. The van der Waals surface area contributed by atoms with Gasteiger partial charge in [0, 0.05) is 11.6 Å². The lowest BCUT2D eigenvalue weighted by Crippen LogP contribution is -2.34. The highest BCUT2D eigenvalue weighted by Gasteiger charge is 2.14. The molecule has 3 nitrogen and oxygen atoms in total. The molecule has 1 rings (SSSR count). The predicted molar refractivity (Wildman–Crippen MR) is 88.1 cm³/mol. The molecule has 114 valence electrons. The Hall–Kier alpha value is -1.79. The van der Waals surface area contributed by atoms with E-state index in [1.54, 1.807) is 0 Å². The second-order valence-corrected chi connectivity index (χ2v) is 5.68. The van der Waals surface area contributed by atoms with Gasteiger partial charge < -0.3 is 11.1 Å². The zero-order chi connectivity index (χ0) is 15.8. The summed E-state index contributed by atoms with van der Waals surface area (Å²) in [6, 6.07) is 5.88. The van der Waals surface area contributed by atoms with Crippen molar-refractivity contribution in [3.05, 3.63) is 34.9 Å². The minimum Gasteiger partial charge on any atom is -0.350 e. The number of hydrogen-bond donors (Lipinski definition) is 2. The quantitative estimate of drug-likeness (QED) is 0.818. The summed E-state index contributed by atoms with van der Waals surface area (Å²) in [4.78, 5) is 12.5. The minimum absolute atomic E-state index is 0.0594. The van der Waals surface area contributed by atoms with Gasteiger partial charge in [-0.2, -0.15) is 0 Å². The Morgan fingerprint density at radius 3 is 2.71 bits per heavy atom. The third kappa shape index (κ3) is 5.61. The Kier molecular flexibility index (Phi) is 6.98. The van der Waals surface area contributed by atoms with Crippen LogP contribution in [0.15, 0.2) is 18.2 Å². The molecule has 3 heteroatoms. The van der Waals surface area contributed by atoms with Gasteiger partial charge in [-0.3, -0.25) is 4.79 Å². The second-order valence-electron chi connectivity index (χ2n) is 5.68. The number of aryl methyl sites for hydroxylation is 1. The minimum atomic E-state index is -0.0594. The summed E-state index contributed by atoms with van der Waals surface area (Å²) in [5.41, 5.74) is 7.83. The van der Waals surface area contributed by atoms with Crippen LogP contribution in [0.25, 0.3) is 0 Å². The molecule has 0 fully saturated rings. The van der Waals surface area contributed by atoms with Crippen LogP contribution < -0.4 is 11.1 Å². The van der Waals surface area contributed by atoms with Crippen LogP contribution in [0.5, 0.6) is 0 Å². The Morgan fingerprint density at radius 2 is 2.10 bits per heavy atom. The number of nitrogens with one attached hydrogen (secondary N) is 1. The topological polar surface area (TPSA) is 55.1 Å². The summed E-state index contributed by atoms with van der Waals surface area (Å²) in [6.07, 6.45) is 2.11. The Bertz CT molecular complexity index is 540. The summed E-state index contributed by atoms with van der Waals surface area (Å²) < 4.78 is 0. The standard InChI is InChI=1S/C18H26N2O/c1-5-13(2)11-15(4)20-18(21)17-12-14(3)8-9-16(17)7-6-10-19/h8-9,12-13,15H,5,10-11,19H2,1-4H3,(H,20,21). The molecule has 21 heavy (non-hydrogen) atoms. The predicted octanol–water partition coefficient (Wildman–Crippen LogP) is 2.86. The lowest BCUT2D eigenvalue weighted by Gasteiger charge is -2.18. The van der Waals surface area contributed by atoms with Crippen LogP contribution in [0.3, 0.4) is 0 Å². The summed E-state index contributed by atoms with van der Waals surface area (Å²) >= 11 is 0. The summed E-state index contributed by atoms with van der Waals surface area (Å²) in [7, 11) is 0. The number of hydrogen-bond acceptors (Lipinski definition) is 2. The normalized spacial score (nSPS) is 13.0. The number of nitrogens with two attached hydrogens (primary N) is 1. The van der Waals surface area contributed by atoms with E-state index in [0.29, 0.717) is 18.0 Å². The highest BCUT2D eigenvalue weighted by atomic mass is 16.1. The largest absolute Gasteiger partial charge is 0.350 e. The maximum Gasteiger partial charge on any atom is 0.252 e. The van der Waals surface area contributed by atoms with E-state index < -0.39 is 0 Å².